The molecule has 138 valence electrons. The van der Waals surface area contributed by atoms with Gasteiger partial charge in [0.2, 0.25) is 6.79 Å². The summed E-state index contributed by atoms with van der Waals surface area (Å²) in [5, 5.41) is 3.47. The van der Waals surface area contributed by atoms with E-state index < -0.39 is 0 Å². The molecule has 1 saturated heterocycles. The number of rotatable bonds is 6. The first-order valence-corrected chi connectivity index (χ1v) is 9.07. The van der Waals surface area contributed by atoms with Crippen molar-refractivity contribution in [2.24, 2.45) is 0 Å². The topological polar surface area (TPSA) is 46.2 Å². The molecule has 2 aliphatic heterocycles. The third kappa shape index (κ3) is 3.80. The zero-order chi connectivity index (χ0) is 17.8. The number of methoxy groups -OCH3 is 1. The lowest BCUT2D eigenvalue weighted by Gasteiger charge is -2.36. The fourth-order valence-electron chi connectivity index (χ4n) is 3.39. The summed E-state index contributed by atoms with van der Waals surface area (Å²) >= 11 is 0. The van der Waals surface area contributed by atoms with Crippen molar-refractivity contribution in [1.82, 2.24) is 4.90 Å². The largest absolute Gasteiger partial charge is 0.497 e. The lowest BCUT2D eigenvalue weighted by molar-refractivity contribution is 0.174. The standard InChI is InChI=1S/C20H25N3O3/c1-24-18-5-3-17(4-6-18)23-12-10-22(11-13-23)9-8-21-16-2-7-19-20(14-16)26-15-25-19/h2-7,14,21H,8-13,15H2,1H3. The number of piperazine rings is 1. The minimum absolute atomic E-state index is 0.317. The van der Waals surface area contributed by atoms with Crippen molar-refractivity contribution in [3.8, 4) is 17.2 Å². The fraction of sp³-hybridized carbons (Fsp3) is 0.400. The summed E-state index contributed by atoms with van der Waals surface area (Å²) in [7, 11) is 1.70. The quantitative estimate of drug-likeness (QED) is 0.860. The highest BCUT2D eigenvalue weighted by molar-refractivity contribution is 5.55. The van der Waals surface area contributed by atoms with Crippen molar-refractivity contribution in [3.63, 3.8) is 0 Å². The van der Waals surface area contributed by atoms with Crippen LogP contribution in [0.4, 0.5) is 11.4 Å². The van der Waals surface area contributed by atoms with Crippen LogP contribution in [0.15, 0.2) is 42.5 Å². The third-order valence-electron chi connectivity index (χ3n) is 4.94. The van der Waals surface area contributed by atoms with E-state index in [1.807, 2.05) is 30.3 Å². The molecule has 0 radical (unpaired) electrons. The second-order valence-corrected chi connectivity index (χ2v) is 6.52. The number of hydrogen-bond acceptors (Lipinski definition) is 6. The SMILES string of the molecule is COc1ccc(N2CCN(CCNc3ccc4c(c3)OCO4)CC2)cc1. The van der Waals surface area contributed by atoms with Crippen LogP contribution in [0.2, 0.25) is 0 Å². The Balaban J connectivity index is 1.21. The summed E-state index contributed by atoms with van der Waals surface area (Å²) in [6.45, 7) is 6.53. The van der Waals surface area contributed by atoms with Crippen LogP contribution in [-0.2, 0) is 0 Å². The predicted octanol–water partition coefficient (Wildman–Crippen LogP) is 2.66. The number of nitrogens with one attached hydrogen (secondary N) is 1. The van der Waals surface area contributed by atoms with E-state index in [9.17, 15) is 0 Å². The smallest absolute Gasteiger partial charge is 0.231 e. The number of fused-ring (bicyclic) bond motifs is 1. The van der Waals surface area contributed by atoms with Crippen LogP contribution in [0.3, 0.4) is 0 Å². The van der Waals surface area contributed by atoms with Crippen LogP contribution < -0.4 is 24.4 Å². The molecule has 4 rings (SSSR count). The Morgan fingerprint density at radius 3 is 2.50 bits per heavy atom. The molecule has 2 aromatic carbocycles. The average molecular weight is 355 g/mol. The van der Waals surface area contributed by atoms with Crippen molar-refractivity contribution in [1.29, 1.82) is 0 Å². The molecule has 1 fully saturated rings. The van der Waals surface area contributed by atoms with Gasteiger partial charge in [-0.05, 0) is 36.4 Å². The minimum Gasteiger partial charge on any atom is -0.497 e. The molecular weight excluding hydrogens is 330 g/mol. The first-order valence-electron chi connectivity index (χ1n) is 9.07. The molecule has 6 nitrogen and oxygen atoms in total. The van der Waals surface area contributed by atoms with E-state index in [1.54, 1.807) is 7.11 Å². The molecule has 0 atom stereocenters. The van der Waals surface area contributed by atoms with Gasteiger partial charge in [-0.1, -0.05) is 0 Å². The second kappa shape index (κ2) is 7.74. The number of nitrogens with zero attached hydrogens (tertiary/aromatic N) is 2. The maximum Gasteiger partial charge on any atom is 0.231 e. The van der Waals surface area contributed by atoms with Crippen LogP contribution in [0, 0.1) is 0 Å². The van der Waals surface area contributed by atoms with E-state index >= 15 is 0 Å². The summed E-state index contributed by atoms with van der Waals surface area (Å²) in [6, 6.07) is 14.3. The molecule has 0 saturated carbocycles. The number of ether oxygens (including phenoxy) is 3. The predicted molar refractivity (Wildman–Crippen MR) is 103 cm³/mol. The van der Waals surface area contributed by atoms with Gasteiger partial charge in [0.25, 0.3) is 0 Å². The van der Waals surface area contributed by atoms with E-state index in [-0.39, 0.29) is 0 Å². The van der Waals surface area contributed by atoms with Crippen LogP contribution in [0.1, 0.15) is 0 Å². The van der Waals surface area contributed by atoms with Crippen LogP contribution in [-0.4, -0.2) is 58.1 Å². The fourth-order valence-corrected chi connectivity index (χ4v) is 3.39. The van der Waals surface area contributed by atoms with Gasteiger partial charge >= 0.3 is 0 Å². The molecule has 0 amide bonds. The molecule has 0 spiro atoms. The van der Waals surface area contributed by atoms with Crippen molar-refractivity contribution in [2.45, 2.75) is 0 Å². The van der Waals surface area contributed by atoms with Gasteiger partial charge in [-0.2, -0.15) is 0 Å². The third-order valence-corrected chi connectivity index (χ3v) is 4.94. The highest BCUT2D eigenvalue weighted by atomic mass is 16.7. The highest BCUT2D eigenvalue weighted by Crippen LogP contribution is 2.34. The molecule has 26 heavy (non-hydrogen) atoms. The Hall–Kier alpha value is -2.60. The highest BCUT2D eigenvalue weighted by Gasteiger charge is 2.17. The van der Waals surface area contributed by atoms with Gasteiger partial charge in [-0.3, -0.25) is 4.90 Å². The van der Waals surface area contributed by atoms with Crippen molar-refractivity contribution < 1.29 is 14.2 Å². The molecule has 2 heterocycles. The summed E-state index contributed by atoms with van der Waals surface area (Å²) in [4.78, 5) is 4.93. The summed E-state index contributed by atoms with van der Waals surface area (Å²) in [6.07, 6.45) is 0. The molecule has 2 aromatic rings. The maximum absolute atomic E-state index is 5.42. The van der Waals surface area contributed by atoms with E-state index in [0.717, 1.165) is 62.2 Å². The van der Waals surface area contributed by atoms with Crippen molar-refractivity contribution in [2.75, 3.05) is 63.4 Å². The van der Waals surface area contributed by atoms with Gasteiger partial charge in [0.1, 0.15) is 5.75 Å². The lowest BCUT2D eigenvalue weighted by atomic mass is 10.2. The monoisotopic (exact) mass is 355 g/mol. The van der Waals surface area contributed by atoms with Crippen LogP contribution in [0.25, 0.3) is 0 Å². The Kier molecular flexibility index (Phi) is 5.02. The van der Waals surface area contributed by atoms with E-state index in [4.69, 9.17) is 14.2 Å². The van der Waals surface area contributed by atoms with Crippen molar-refractivity contribution >= 4 is 11.4 Å². The molecule has 0 unspecified atom stereocenters. The normalized spacial score (nSPS) is 16.6. The average Bonchev–Trinajstić information content (AvgIpc) is 3.16. The molecule has 6 heteroatoms. The zero-order valence-corrected chi connectivity index (χ0v) is 15.1. The zero-order valence-electron chi connectivity index (χ0n) is 15.1. The lowest BCUT2D eigenvalue weighted by Crippen LogP contribution is -2.47. The number of hydrogen-bond donors (Lipinski definition) is 1. The van der Waals surface area contributed by atoms with Gasteiger partial charge in [0, 0.05) is 56.7 Å². The van der Waals surface area contributed by atoms with Gasteiger partial charge < -0.3 is 24.4 Å². The van der Waals surface area contributed by atoms with E-state index in [1.165, 1.54) is 5.69 Å². The number of benzene rings is 2. The summed E-state index contributed by atoms with van der Waals surface area (Å²) in [5.41, 5.74) is 2.34. The molecule has 0 aromatic heterocycles. The molecule has 1 N–H and O–H groups in total. The van der Waals surface area contributed by atoms with Gasteiger partial charge in [0.05, 0.1) is 7.11 Å². The Morgan fingerprint density at radius 2 is 1.73 bits per heavy atom. The van der Waals surface area contributed by atoms with E-state index in [2.05, 4.69) is 27.2 Å². The molecule has 2 aliphatic rings. The molecular formula is C20H25N3O3. The maximum atomic E-state index is 5.42. The Bertz CT molecular complexity index is 728. The number of anilines is 2. The summed E-state index contributed by atoms with van der Waals surface area (Å²) < 4.78 is 16.0. The van der Waals surface area contributed by atoms with Gasteiger partial charge in [-0.15, -0.1) is 0 Å². The minimum atomic E-state index is 0.317. The Morgan fingerprint density at radius 1 is 0.962 bits per heavy atom. The van der Waals surface area contributed by atoms with Gasteiger partial charge in [-0.25, -0.2) is 0 Å². The first kappa shape index (κ1) is 16.8. The molecule has 0 bridgehead atoms. The molecule has 0 aliphatic carbocycles. The van der Waals surface area contributed by atoms with E-state index in [0.29, 0.717) is 6.79 Å². The Labute approximate surface area is 154 Å². The second-order valence-electron chi connectivity index (χ2n) is 6.52. The summed E-state index contributed by atoms with van der Waals surface area (Å²) in [5.74, 6) is 2.55. The first-order chi connectivity index (χ1) is 12.8. The van der Waals surface area contributed by atoms with Crippen LogP contribution >= 0.6 is 0 Å². The van der Waals surface area contributed by atoms with Crippen molar-refractivity contribution in [3.05, 3.63) is 42.5 Å². The van der Waals surface area contributed by atoms with Gasteiger partial charge in [0.15, 0.2) is 11.5 Å². The van der Waals surface area contributed by atoms with Crippen LogP contribution in [0.5, 0.6) is 17.2 Å².